The Morgan fingerprint density at radius 1 is 1.42 bits per heavy atom. The third-order valence-corrected chi connectivity index (χ3v) is 3.20. The molecule has 2 aromatic rings. The molecule has 0 aliphatic rings. The van der Waals surface area contributed by atoms with E-state index in [1.54, 1.807) is 24.4 Å². The number of carbonyl (C=O) groups excluding carboxylic acids is 1. The Bertz CT molecular complexity index is 612. The van der Waals surface area contributed by atoms with Gasteiger partial charge in [0.2, 0.25) is 0 Å². The number of nitrogens with two attached hydrogens (primary N) is 1. The summed E-state index contributed by atoms with van der Waals surface area (Å²) in [5.74, 6) is 5.51. The zero-order valence-electron chi connectivity index (χ0n) is 10.1. The van der Waals surface area contributed by atoms with Crippen molar-refractivity contribution in [3.63, 3.8) is 0 Å². The van der Waals surface area contributed by atoms with Crippen molar-refractivity contribution in [3.05, 3.63) is 45.9 Å². The van der Waals surface area contributed by atoms with E-state index in [4.69, 9.17) is 5.73 Å². The predicted molar refractivity (Wildman–Crippen MR) is 73.5 cm³/mol. The lowest BCUT2D eigenvalue weighted by Crippen LogP contribution is -2.22. The summed E-state index contributed by atoms with van der Waals surface area (Å²) in [7, 11) is 0. The highest BCUT2D eigenvalue weighted by Crippen LogP contribution is 2.15. The average Bonchev–Trinajstić information content (AvgIpc) is 2.92. The number of nitrogens with one attached hydrogen (secondary N) is 1. The molecule has 0 spiro atoms. The third-order valence-electron chi connectivity index (χ3n) is 2.20. The Balaban J connectivity index is 1.95. The Kier molecular flexibility index (Phi) is 4.61. The van der Waals surface area contributed by atoms with Gasteiger partial charge in [0.15, 0.2) is 0 Å². The number of nitrogens with zero attached hydrogens (tertiary/aromatic N) is 2. The highest BCUT2D eigenvalue weighted by Gasteiger charge is 2.08. The first-order valence-corrected chi connectivity index (χ1v) is 6.45. The average molecular weight is 272 g/mol. The van der Waals surface area contributed by atoms with Crippen molar-refractivity contribution in [1.29, 1.82) is 0 Å². The van der Waals surface area contributed by atoms with E-state index in [1.807, 2.05) is 6.07 Å². The number of aromatic nitrogens is 2. The van der Waals surface area contributed by atoms with Crippen LogP contribution in [-0.2, 0) is 6.54 Å². The quantitative estimate of drug-likeness (QED) is 0.809. The van der Waals surface area contributed by atoms with Gasteiger partial charge in [0.05, 0.1) is 28.5 Å². The van der Waals surface area contributed by atoms with Crippen molar-refractivity contribution >= 4 is 17.2 Å². The second-order valence-corrected chi connectivity index (χ2v) is 4.65. The molecule has 3 N–H and O–H groups in total. The van der Waals surface area contributed by atoms with Crippen molar-refractivity contribution in [2.24, 2.45) is 5.73 Å². The van der Waals surface area contributed by atoms with Crippen LogP contribution in [0, 0.1) is 11.8 Å². The molecule has 2 aromatic heterocycles. The SMILES string of the molecule is NCC#Cc1ccc(C(=O)NCc2cccnn2)s1. The molecule has 0 aromatic carbocycles. The van der Waals surface area contributed by atoms with Gasteiger partial charge in [-0.15, -0.1) is 11.3 Å². The van der Waals surface area contributed by atoms with Crippen LogP contribution < -0.4 is 11.1 Å². The Morgan fingerprint density at radius 2 is 2.32 bits per heavy atom. The first-order valence-electron chi connectivity index (χ1n) is 5.63. The Morgan fingerprint density at radius 3 is 3.05 bits per heavy atom. The molecule has 19 heavy (non-hydrogen) atoms. The second kappa shape index (κ2) is 6.64. The molecule has 6 heteroatoms. The Hall–Kier alpha value is -2.23. The summed E-state index contributed by atoms with van der Waals surface area (Å²) >= 11 is 1.34. The van der Waals surface area contributed by atoms with E-state index < -0.39 is 0 Å². The van der Waals surface area contributed by atoms with Gasteiger partial charge in [-0.1, -0.05) is 11.8 Å². The van der Waals surface area contributed by atoms with E-state index in [0.717, 1.165) is 10.6 Å². The van der Waals surface area contributed by atoms with Gasteiger partial charge in [-0.2, -0.15) is 10.2 Å². The number of carbonyl (C=O) groups is 1. The molecule has 1 amide bonds. The molecule has 0 saturated carbocycles. The van der Waals surface area contributed by atoms with Crippen LogP contribution in [0.3, 0.4) is 0 Å². The smallest absolute Gasteiger partial charge is 0.261 e. The van der Waals surface area contributed by atoms with Crippen LogP contribution in [0.1, 0.15) is 20.2 Å². The number of rotatable bonds is 3. The topological polar surface area (TPSA) is 80.9 Å². The molecule has 0 atom stereocenters. The standard InChI is InChI=1S/C13H12N4OS/c14-7-1-4-11-5-6-12(19-11)13(18)15-9-10-3-2-8-16-17-10/h2-3,5-6,8H,7,9,14H2,(H,15,18). The van der Waals surface area contributed by atoms with Crippen LogP contribution in [0.25, 0.3) is 0 Å². The molecule has 0 fully saturated rings. The number of hydrogen-bond acceptors (Lipinski definition) is 5. The minimum Gasteiger partial charge on any atom is -0.346 e. The maximum Gasteiger partial charge on any atom is 0.261 e. The first-order chi connectivity index (χ1) is 9.29. The van der Waals surface area contributed by atoms with Crippen molar-refractivity contribution in [3.8, 4) is 11.8 Å². The zero-order chi connectivity index (χ0) is 13.5. The van der Waals surface area contributed by atoms with Crippen LogP contribution in [0.2, 0.25) is 0 Å². The van der Waals surface area contributed by atoms with Crippen LogP contribution in [0.15, 0.2) is 30.5 Å². The molecule has 0 aliphatic carbocycles. The summed E-state index contributed by atoms with van der Waals surface area (Å²) in [5, 5.41) is 10.4. The zero-order valence-corrected chi connectivity index (χ0v) is 10.9. The monoisotopic (exact) mass is 272 g/mol. The summed E-state index contributed by atoms with van der Waals surface area (Å²) in [6, 6.07) is 7.14. The van der Waals surface area contributed by atoms with E-state index in [-0.39, 0.29) is 5.91 Å². The van der Waals surface area contributed by atoms with Crippen molar-refractivity contribution in [2.75, 3.05) is 6.54 Å². The number of amides is 1. The van der Waals surface area contributed by atoms with E-state index in [2.05, 4.69) is 27.4 Å². The highest BCUT2D eigenvalue weighted by atomic mass is 32.1. The fraction of sp³-hybridized carbons (Fsp3) is 0.154. The molecule has 2 rings (SSSR count). The molecular weight excluding hydrogens is 260 g/mol. The van der Waals surface area contributed by atoms with Gasteiger partial charge < -0.3 is 11.1 Å². The summed E-state index contributed by atoms with van der Waals surface area (Å²) in [5.41, 5.74) is 6.01. The molecule has 2 heterocycles. The highest BCUT2D eigenvalue weighted by molar-refractivity contribution is 7.14. The maximum atomic E-state index is 11.9. The van der Waals surface area contributed by atoms with Crippen LogP contribution >= 0.6 is 11.3 Å². The molecule has 0 aliphatic heterocycles. The van der Waals surface area contributed by atoms with Gasteiger partial charge in [0.25, 0.3) is 5.91 Å². The van der Waals surface area contributed by atoms with Gasteiger partial charge in [-0.25, -0.2) is 0 Å². The molecule has 5 nitrogen and oxygen atoms in total. The summed E-state index contributed by atoms with van der Waals surface area (Å²) in [4.78, 5) is 13.3. The summed E-state index contributed by atoms with van der Waals surface area (Å²) < 4.78 is 0. The first kappa shape index (κ1) is 13.2. The molecule has 0 unspecified atom stereocenters. The Labute approximate surface area is 114 Å². The van der Waals surface area contributed by atoms with Gasteiger partial charge >= 0.3 is 0 Å². The van der Waals surface area contributed by atoms with Crippen molar-refractivity contribution < 1.29 is 4.79 Å². The van der Waals surface area contributed by atoms with Crippen molar-refractivity contribution in [1.82, 2.24) is 15.5 Å². The minimum absolute atomic E-state index is 0.142. The molecule has 0 radical (unpaired) electrons. The van der Waals surface area contributed by atoms with E-state index >= 15 is 0 Å². The van der Waals surface area contributed by atoms with Gasteiger partial charge in [-0.3, -0.25) is 4.79 Å². The number of thiophene rings is 1. The third kappa shape index (κ3) is 3.88. The lowest BCUT2D eigenvalue weighted by atomic mass is 10.3. The molecule has 96 valence electrons. The van der Waals surface area contributed by atoms with Crippen LogP contribution in [0.5, 0.6) is 0 Å². The molecular formula is C13H12N4OS. The lowest BCUT2D eigenvalue weighted by molar-refractivity contribution is 0.0954. The maximum absolute atomic E-state index is 11.9. The van der Waals surface area contributed by atoms with E-state index in [0.29, 0.717) is 18.0 Å². The van der Waals surface area contributed by atoms with E-state index in [9.17, 15) is 4.79 Å². The second-order valence-electron chi connectivity index (χ2n) is 3.57. The van der Waals surface area contributed by atoms with Crippen LogP contribution in [0.4, 0.5) is 0 Å². The normalized spacial score (nSPS) is 9.53. The summed E-state index contributed by atoms with van der Waals surface area (Å²) in [6.45, 7) is 0.667. The predicted octanol–water partition coefficient (Wildman–Crippen LogP) is 0.778. The number of hydrogen-bond donors (Lipinski definition) is 2. The van der Waals surface area contributed by atoms with Gasteiger partial charge in [0.1, 0.15) is 0 Å². The van der Waals surface area contributed by atoms with Crippen LogP contribution in [-0.4, -0.2) is 22.6 Å². The molecule has 0 bridgehead atoms. The largest absolute Gasteiger partial charge is 0.346 e. The lowest BCUT2D eigenvalue weighted by Gasteiger charge is -2.01. The van der Waals surface area contributed by atoms with Gasteiger partial charge in [0, 0.05) is 6.20 Å². The van der Waals surface area contributed by atoms with Gasteiger partial charge in [-0.05, 0) is 24.3 Å². The minimum atomic E-state index is -0.142. The summed E-state index contributed by atoms with van der Waals surface area (Å²) in [6.07, 6.45) is 1.59. The van der Waals surface area contributed by atoms with E-state index in [1.165, 1.54) is 11.3 Å². The van der Waals surface area contributed by atoms with Crippen molar-refractivity contribution in [2.45, 2.75) is 6.54 Å². The fourth-order valence-electron chi connectivity index (χ4n) is 1.35. The fourth-order valence-corrected chi connectivity index (χ4v) is 2.15. The molecule has 0 saturated heterocycles.